The van der Waals surface area contributed by atoms with E-state index in [2.05, 4.69) is 15.5 Å². The van der Waals surface area contributed by atoms with Crippen LogP contribution in [0, 0.1) is 0 Å². The standard InChI is InChI=1S/C12H14N4O2/c1-13-10(17)7-14-8-11-15-16-12(18-11)9-5-3-2-4-6-9/h2-6,14H,7-8H2,1H3,(H,13,17)/p+1. The van der Waals surface area contributed by atoms with Gasteiger partial charge in [-0.2, -0.15) is 0 Å². The van der Waals surface area contributed by atoms with Crippen LogP contribution in [-0.4, -0.2) is 29.7 Å². The molecule has 1 aromatic carbocycles. The largest absolute Gasteiger partial charge is 0.415 e. The van der Waals surface area contributed by atoms with Gasteiger partial charge in [0.1, 0.15) is 0 Å². The van der Waals surface area contributed by atoms with Gasteiger partial charge in [0.25, 0.3) is 11.8 Å². The summed E-state index contributed by atoms with van der Waals surface area (Å²) in [6, 6.07) is 9.57. The summed E-state index contributed by atoms with van der Waals surface area (Å²) in [5.74, 6) is 0.981. The highest BCUT2D eigenvalue weighted by molar-refractivity contribution is 5.76. The van der Waals surface area contributed by atoms with Gasteiger partial charge in [0.15, 0.2) is 13.1 Å². The third-order valence-electron chi connectivity index (χ3n) is 2.42. The van der Waals surface area contributed by atoms with Crippen molar-refractivity contribution in [2.75, 3.05) is 13.6 Å². The highest BCUT2D eigenvalue weighted by atomic mass is 16.4. The van der Waals surface area contributed by atoms with Crippen LogP contribution in [0.4, 0.5) is 0 Å². The minimum atomic E-state index is -0.0298. The van der Waals surface area contributed by atoms with E-state index in [-0.39, 0.29) is 5.91 Å². The maximum Gasteiger partial charge on any atom is 0.274 e. The van der Waals surface area contributed by atoms with Crippen LogP contribution < -0.4 is 10.6 Å². The van der Waals surface area contributed by atoms with Crippen LogP contribution in [-0.2, 0) is 11.3 Å². The van der Waals surface area contributed by atoms with Crippen molar-refractivity contribution in [3.8, 4) is 11.5 Å². The Kier molecular flexibility index (Phi) is 4.03. The average Bonchev–Trinajstić information content (AvgIpc) is 2.88. The SMILES string of the molecule is CNC(=O)C[NH2+]Cc1nnc(-c2ccccc2)o1. The van der Waals surface area contributed by atoms with Crippen LogP contribution >= 0.6 is 0 Å². The van der Waals surface area contributed by atoms with Crippen molar-refractivity contribution in [1.29, 1.82) is 0 Å². The van der Waals surface area contributed by atoms with Crippen LogP contribution in [0.5, 0.6) is 0 Å². The summed E-state index contributed by atoms with van der Waals surface area (Å²) >= 11 is 0. The number of carbonyl (C=O) groups is 1. The van der Waals surface area contributed by atoms with E-state index in [1.54, 1.807) is 12.4 Å². The van der Waals surface area contributed by atoms with Gasteiger partial charge in [-0.25, -0.2) is 0 Å². The number of quaternary nitrogens is 1. The lowest BCUT2D eigenvalue weighted by Crippen LogP contribution is -2.85. The molecule has 94 valence electrons. The second-order valence-corrected chi connectivity index (χ2v) is 3.74. The third kappa shape index (κ3) is 3.14. The molecular weight excluding hydrogens is 232 g/mol. The molecule has 6 heteroatoms. The van der Waals surface area contributed by atoms with Crippen molar-refractivity contribution >= 4 is 5.91 Å². The molecule has 0 spiro atoms. The Hall–Kier alpha value is -2.21. The zero-order chi connectivity index (χ0) is 12.8. The first kappa shape index (κ1) is 12.3. The molecule has 0 saturated heterocycles. The van der Waals surface area contributed by atoms with Gasteiger partial charge in [-0.3, -0.25) is 4.79 Å². The first-order valence-corrected chi connectivity index (χ1v) is 5.69. The first-order chi connectivity index (χ1) is 8.79. The number of likely N-dealkylation sites (N-methyl/N-ethyl adjacent to an activating group) is 1. The van der Waals surface area contributed by atoms with E-state index in [1.807, 2.05) is 30.3 Å². The quantitative estimate of drug-likeness (QED) is 0.749. The maximum absolute atomic E-state index is 11.0. The first-order valence-electron chi connectivity index (χ1n) is 5.69. The number of rotatable bonds is 5. The predicted octanol–water partition coefficient (Wildman–Crippen LogP) is -0.454. The Bertz CT molecular complexity index is 510. The van der Waals surface area contributed by atoms with Crippen LogP contribution in [0.25, 0.3) is 11.5 Å². The molecule has 0 unspecified atom stereocenters. The van der Waals surface area contributed by atoms with E-state index in [4.69, 9.17) is 4.42 Å². The molecule has 0 fully saturated rings. The molecule has 0 bridgehead atoms. The number of nitrogens with one attached hydrogen (secondary N) is 1. The van der Waals surface area contributed by atoms with Gasteiger partial charge in [-0.15, -0.1) is 10.2 Å². The van der Waals surface area contributed by atoms with Crippen molar-refractivity contribution in [2.45, 2.75) is 6.54 Å². The number of carbonyl (C=O) groups excluding carboxylic acids is 1. The highest BCUT2D eigenvalue weighted by Gasteiger charge is 2.09. The van der Waals surface area contributed by atoms with Gasteiger partial charge >= 0.3 is 0 Å². The smallest absolute Gasteiger partial charge is 0.274 e. The topological polar surface area (TPSA) is 84.6 Å². The molecule has 1 aromatic heterocycles. The van der Waals surface area contributed by atoms with Crippen LogP contribution in [0.3, 0.4) is 0 Å². The summed E-state index contributed by atoms with van der Waals surface area (Å²) in [6.45, 7) is 0.840. The molecule has 0 radical (unpaired) electrons. The number of amides is 1. The van der Waals surface area contributed by atoms with E-state index in [0.717, 1.165) is 5.56 Å². The molecule has 1 heterocycles. The Labute approximate surface area is 104 Å². The Morgan fingerprint density at radius 3 is 2.83 bits per heavy atom. The maximum atomic E-state index is 11.0. The lowest BCUT2D eigenvalue weighted by Gasteiger charge is -1.96. The molecule has 0 aliphatic carbocycles. The van der Waals surface area contributed by atoms with E-state index in [0.29, 0.717) is 24.9 Å². The van der Waals surface area contributed by atoms with Crippen molar-refractivity contribution in [3.63, 3.8) is 0 Å². The number of hydrogen-bond donors (Lipinski definition) is 2. The van der Waals surface area contributed by atoms with Gasteiger partial charge in [0.05, 0.1) is 0 Å². The summed E-state index contributed by atoms with van der Waals surface area (Å²) < 4.78 is 5.50. The molecule has 18 heavy (non-hydrogen) atoms. The van der Waals surface area contributed by atoms with E-state index in [9.17, 15) is 4.79 Å². The van der Waals surface area contributed by atoms with Crippen molar-refractivity contribution in [3.05, 3.63) is 36.2 Å². The predicted molar refractivity (Wildman–Crippen MR) is 64.3 cm³/mol. The van der Waals surface area contributed by atoms with Crippen molar-refractivity contribution in [2.24, 2.45) is 0 Å². The molecule has 0 saturated carbocycles. The fourth-order valence-corrected chi connectivity index (χ4v) is 1.46. The van der Waals surface area contributed by atoms with E-state index < -0.39 is 0 Å². The van der Waals surface area contributed by atoms with Gasteiger partial charge in [0.2, 0.25) is 5.89 Å². The average molecular weight is 247 g/mol. The third-order valence-corrected chi connectivity index (χ3v) is 2.42. The molecule has 2 rings (SSSR count). The fourth-order valence-electron chi connectivity index (χ4n) is 1.46. The number of benzene rings is 1. The summed E-state index contributed by atoms with van der Waals surface area (Å²) in [7, 11) is 1.61. The number of nitrogens with zero attached hydrogens (tertiary/aromatic N) is 2. The van der Waals surface area contributed by atoms with Crippen LogP contribution in [0.2, 0.25) is 0 Å². The van der Waals surface area contributed by atoms with Gasteiger partial charge in [0, 0.05) is 12.6 Å². The minimum absolute atomic E-state index is 0.0298. The Morgan fingerprint density at radius 1 is 1.33 bits per heavy atom. The van der Waals surface area contributed by atoms with Crippen LogP contribution in [0.1, 0.15) is 5.89 Å². The zero-order valence-corrected chi connectivity index (χ0v) is 10.1. The number of nitrogens with two attached hydrogens (primary N) is 1. The Morgan fingerprint density at radius 2 is 2.11 bits per heavy atom. The van der Waals surface area contributed by atoms with E-state index in [1.165, 1.54) is 0 Å². The Balaban J connectivity index is 1.93. The molecule has 0 atom stereocenters. The minimum Gasteiger partial charge on any atom is -0.415 e. The second-order valence-electron chi connectivity index (χ2n) is 3.74. The second kappa shape index (κ2) is 5.92. The number of aromatic nitrogens is 2. The van der Waals surface area contributed by atoms with Crippen LogP contribution in [0.15, 0.2) is 34.7 Å². The molecule has 0 aliphatic heterocycles. The fraction of sp³-hybridized carbons (Fsp3) is 0.250. The molecule has 6 nitrogen and oxygen atoms in total. The summed E-state index contributed by atoms with van der Waals surface area (Å²) in [5, 5.41) is 12.3. The number of hydrogen-bond acceptors (Lipinski definition) is 4. The van der Waals surface area contributed by atoms with Gasteiger partial charge in [-0.1, -0.05) is 18.2 Å². The molecule has 0 aliphatic rings. The van der Waals surface area contributed by atoms with Crippen molar-refractivity contribution in [1.82, 2.24) is 15.5 Å². The lowest BCUT2D eigenvalue weighted by molar-refractivity contribution is -0.662. The summed E-state index contributed by atoms with van der Waals surface area (Å²) in [6.07, 6.45) is 0. The summed E-state index contributed by atoms with van der Waals surface area (Å²) in [5.41, 5.74) is 0.891. The highest BCUT2D eigenvalue weighted by Crippen LogP contribution is 2.16. The van der Waals surface area contributed by atoms with E-state index >= 15 is 0 Å². The van der Waals surface area contributed by atoms with Crippen molar-refractivity contribution < 1.29 is 14.5 Å². The lowest BCUT2D eigenvalue weighted by atomic mass is 10.2. The normalized spacial score (nSPS) is 10.3. The van der Waals surface area contributed by atoms with Gasteiger partial charge < -0.3 is 15.1 Å². The molecule has 1 amide bonds. The zero-order valence-electron chi connectivity index (χ0n) is 10.1. The summed E-state index contributed by atoms with van der Waals surface area (Å²) in [4.78, 5) is 11.0. The monoisotopic (exact) mass is 247 g/mol. The molecule has 2 aromatic rings. The van der Waals surface area contributed by atoms with Gasteiger partial charge in [-0.05, 0) is 12.1 Å². The molecule has 3 N–H and O–H groups in total. The molecular formula is C12H15N4O2+.